The van der Waals surface area contributed by atoms with Gasteiger partial charge in [0.1, 0.15) is 0 Å². The molecule has 0 bridgehead atoms. The minimum atomic E-state index is -3.28. The summed E-state index contributed by atoms with van der Waals surface area (Å²) in [5, 5.41) is 0. The molecule has 0 amide bonds. The number of hydrogen-bond acceptors (Lipinski definition) is 3. The molecule has 3 aliphatic rings. The van der Waals surface area contributed by atoms with E-state index in [1.54, 1.807) is 8.61 Å². The van der Waals surface area contributed by atoms with Gasteiger partial charge in [-0.2, -0.15) is 17.0 Å². The molecule has 7 heteroatoms. The molecule has 1 aliphatic carbocycles. The number of piperidine rings is 1. The van der Waals surface area contributed by atoms with E-state index in [-0.39, 0.29) is 0 Å². The molecule has 3 rings (SSSR count). The van der Waals surface area contributed by atoms with Gasteiger partial charge < -0.3 is 4.90 Å². The monoisotopic (exact) mass is 335 g/mol. The number of piperazine rings is 1. The normalized spacial score (nSPS) is 30.6. The average Bonchev–Trinajstić information content (AvgIpc) is 3.32. The molecule has 2 saturated heterocycles. The van der Waals surface area contributed by atoms with Gasteiger partial charge in [-0.05, 0) is 37.5 Å². The van der Waals surface area contributed by atoms with Gasteiger partial charge in [-0.1, -0.05) is 0 Å². The number of nitrogens with zero attached hydrogens (tertiary/aromatic N) is 3. The van der Waals surface area contributed by atoms with Crippen LogP contribution in [-0.2, 0) is 10.2 Å². The van der Waals surface area contributed by atoms with Crippen LogP contribution in [0.1, 0.15) is 25.7 Å². The lowest BCUT2D eigenvalue weighted by molar-refractivity contribution is 0.170. The van der Waals surface area contributed by atoms with E-state index < -0.39 is 10.2 Å². The fraction of sp³-hybridized carbons (Fsp3) is 1.00. The summed E-state index contributed by atoms with van der Waals surface area (Å²) in [6.07, 6.45) is 4.68. The Morgan fingerprint density at radius 2 is 1.62 bits per heavy atom. The molecule has 1 atom stereocenters. The fourth-order valence-corrected chi connectivity index (χ4v) is 5.30. The Morgan fingerprint density at radius 1 is 0.905 bits per heavy atom. The lowest BCUT2D eigenvalue weighted by Crippen LogP contribution is -2.54. The molecular weight excluding hydrogens is 310 g/mol. The van der Waals surface area contributed by atoms with Crippen LogP contribution in [0.25, 0.3) is 0 Å². The predicted octanol–water partition coefficient (Wildman–Crippen LogP) is 1.21. The highest BCUT2D eigenvalue weighted by atomic mass is 35.5. The average molecular weight is 336 g/mol. The third-order valence-corrected chi connectivity index (χ3v) is 7.34. The SMILES string of the molecule is O=S(=O)(N1CCN(CC2CC2)CC1)N1CCCC(CCl)C1. The summed E-state index contributed by atoms with van der Waals surface area (Å²) in [4.78, 5) is 2.42. The smallest absolute Gasteiger partial charge is 0.282 e. The van der Waals surface area contributed by atoms with Crippen molar-refractivity contribution in [3.63, 3.8) is 0 Å². The highest BCUT2D eigenvalue weighted by molar-refractivity contribution is 7.86. The highest BCUT2D eigenvalue weighted by Crippen LogP contribution is 2.30. The van der Waals surface area contributed by atoms with E-state index in [9.17, 15) is 8.42 Å². The van der Waals surface area contributed by atoms with Gasteiger partial charge in [0.05, 0.1) is 0 Å². The van der Waals surface area contributed by atoms with Gasteiger partial charge in [0, 0.05) is 51.7 Å². The highest BCUT2D eigenvalue weighted by Gasteiger charge is 2.35. The van der Waals surface area contributed by atoms with Gasteiger partial charge in [-0.15, -0.1) is 11.6 Å². The van der Waals surface area contributed by atoms with E-state index >= 15 is 0 Å². The first-order chi connectivity index (χ1) is 10.1. The summed E-state index contributed by atoms with van der Waals surface area (Å²) < 4.78 is 28.8. The predicted molar refractivity (Wildman–Crippen MR) is 84.7 cm³/mol. The Kier molecular flexibility index (Phi) is 5.11. The van der Waals surface area contributed by atoms with Crippen LogP contribution >= 0.6 is 11.6 Å². The molecule has 2 aliphatic heterocycles. The van der Waals surface area contributed by atoms with Crippen LogP contribution in [0.2, 0.25) is 0 Å². The van der Waals surface area contributed by atoms with Crippen molar-refractivity contribution in [2.75, 3.05) is 51.7 Å². The molecule has 5 nitrogen and oxygen atoms in total. The van der Waals surface area contributed by atoms with Crippen LogP contribution < -0.4 is 0 Å². The van der Waals surface area contributed by atoms with Crippen LogP contribution in [0.3, 0.4) is 0 Å². The zero-order valence-electron chi connectivity index (χ0n) is 12.6. The molecule has 3 fully saturated rings. The lowest BCUT2D eigenvalue weighted by Gasteiger charge is -2.39. The zero-order chi connectivity index (χ0) is 14.9. The minimum absolute atomic E-state index is 0.311. The van der Waals surface area contributed by atoms with Crippen LogP contribution in [0.5, 0.6) is 0 Å². The van der Waals surface area contributed by atoms with E-state index in [1.165, 1.54) is 12.8 Å². The van der Waals surface area contributed by atoms with E-state index in [2.05, 4.69) is 4.90 Å². The van der Waals surface area contributed by atoms with E-state index in [1.807, 2.05) is 0 Å². The Hall–Kier alpha value is 0.120. The van der Waals surface area contributed by atoms with Crippen molar-refractivity contribution in [1.82, 2.24) is 13.5 Å². The second-order valence-electron chi connectivity index (χ2n) is 6.67. The van der Waals surface area contributed by atoms with Gasteiger partial charge in [0.25, 0.3) is 10.2 Å². The van der Waals surface area contributed by atoms with Crippen molar-refractivity contribution in [3.8, 4) is 0 Å². The van der Waals surface area contributed by atoms with Crippen molar-refractivity contribution in [1.29, 1.82) is 0 Å². The molecule has 1 saturated carbocycles. The maximum atomic E-state index is 12.7. The second-order valence-corrected chi connectivity index (χ2v) is 8.91. The van der Waals surface area contributed by atoms with Crippen LogP contribution in [-0.4, -0.2) is 73.6 Å². The molecular formula is C14H26ClN3O2S. The molecule has 0 aromatic rings. The van der Waals surface area contributed by atoms with Gasteiger partial charge >= 0.3 is 0 Å². The first-order valence-corrected chi connectivity index (χ1v) is 10.1. The van der Waals surface area contributed by atoms with E-state index in [4.69, 9.17) is 11.6 Å². The second kappa shape index (κ2) is 6.71. The maximum Gasteiger partial charge on any atom is 0.282 e. The third-order valence-electron chi connectivity index (χ3n) is 4.90. The topological polar surface area (TPSA) is 43.9 Å². The molecule has 1 unspecified atom stereocenters. The lowest BCUT2D eigenvalue weighted by atomic mass is 10.0. The van der Waals surface area contributed by atoms with Crippen molar-refractivity contribution >= 4 is 21.8 Å². The van der Waals surface area contributed by atoms with Crippen molar-refractivity contribution in [3.05, 3.63) is 0 Å². The molecule has 0 aromatic heterocycles. The maximum absolute atomic E-state index is 12.7. The minimum Gasteiger partial charge on any atom is -0.300 e. The molecule has 0 N–H and O–H groups in total. The van der Waals surface area contributed by atoms with Gasteiger partial charge in [0.15, 0.2) is 0 Å². The Bertz CT molecular complexity index is 447. The summed E-state index contributed by atoms with van der Waals surface area (Å²) >= 11 is 5.91. The zero-order valence-corrected chi connectivity index (χ0v) is 14.2. The molecule has 0 radical (unpaired) electrons. The van der Waals surface area contributed by atoms with Crippen molar-refractivity contribution in [2.24, 2.45) is 11.8 Å². The van der Waals surface area contributed by atoms with Gasteiger partial charge in [-0.25, -0.2) is 0 Å². The summed E-state index contributed by atoms with van der Waals surface area (Å²) in [5.74, 6) is 1.74. The third kappa shape index (κ3) is 3.91. The standard InChI is InChI=1S/C14H26ClN3O2S/c15-10-14-2-1-5-18(12-14)21(19,20)17-8-6-16(7-9-17)11-13-3-4-13/h13-14H,1-12H2. The van der Waals surface area contributed by atoms with E-state index in [0.717, 1.165) is 38.4 Å². The van der Waals surface area contributed by atoms with Crippen molar-refractivity contribution < 1.29 is 8.42 Å². The number of hydrogen-bond donors (Lipinski definition) is 0. The Labute approximate surface area is 133 Å². The summed E-state index contributed by atoms with van der Waals surface area (Å²) in [5.41, 5.74) is 0. The summed E-state index contributed by atoms with van der Waals surface area (Å²) in [7, 11) is -3.28. The van der Waals surface area contributed by atoms with Crippen LogP contribution in [0, 0.1) is 11.8 Å². The fourth-order valence-electron chi connectivity index (χ4n) is 3.33. The van der Waals surface area contributed by atoms with Gasteiger partial charge in [0.2, 0.25) is 0 Å². The molecule has 0 spiro atoms. The van der Waals surface area contributed by atoms with Gasteiger partial charge in [-0.3, -0.25) is 0 Å². The summed E-state index contributed by atoms with van der Waals surface area (Å²) in [6.45, 7) is 5.43. The first kappa shape index (κ1) is 16.0. The number of alkyl halides is 1. The summed E-state index contributed by atoms with van der Waals surface area (Å²) in [6, 6.07) is 0. The van der Waals surface area contributed by atoms with Crippen LogP contribution in [0.15, 0.2) is 0 Å². The van der Waals surface area contributed by atoms with Crippen molar-refractivity contribution in [2.45, 2.75) is 25.7 Å². The molecule has 21 heavy (non-hydrogen) atoms. The quantitative estimate of drug-likeness (QED) is 0.709. The molecule has 2 heterocycles. The molecule has 0 aromatic carbocycles. The first-order valence-electron chi connectivity index (χ1n) is 8.13. The number of rotatable bonds is 5. The number of halogens is 1. The largest absolute Gasteiger partial charge is 0.300 e. The van der Waals surface area contributed by atoms with E-state index in [0.29, 0.717) is 38.0 Å². The Balaban J connectivity index is 1.55. The molecule has 122 valence electrons. The Morgan fingerprint density at radius 3 is 2.24 bits per heavy atom. The van der Waals surface area contributed by atoms with Crippen LogP contribution in [0.4, 0.5) is 0 Å².